The fourth-order valence-electron chi connectivity index (χ4n) is 2.40. The number of nitrogens with one attached hydrogen (secondary N) is 2. The minimum atomic E-state index is -0.547. The van der Waals surface area contributed by atoms with Crippen LogP contribution in [0.4, 0.5) is 5.82 Å². The smallest absolute Gasteiger partial charge is 0.363 e. The highest BCUT2D eigenvalue weighted by Gasteiger charge is 2.07. The van der Waals surface area contributed by atoms with E-state index in [0.29, 0.717) is 35.4 Å². The van der Waals surface area contributed by atoms with Gasteiger partial charge in [0.15, 0.2) is 17.3 Å². The van der Waals surface area contributed by atoms with Crippen LogP contribution >= 0.6 is 11.6 Å². The molecule has 0 fully saturated rings. The molecule has 8 nitrogen and oxygen atoms in total. The lowest BCUT2D eigenvalue weighted by molar-refractivity contribution is 0.269. The molecule has 0 unspecified atom stereocenters. The normalized spacial score (nSPS) is 10.9. The number of H-pyrrole nitrogens is 1. The Kier molecular flexibility index (Phi) is 6.80. The molecule has 0 amide bonds. The van der Waals surface area contributed by atoms with Gasteiger partial charge in [0.2, 0.25) is 0 Å². The summed E-state index contributed by atoms with van der Waals surface area (Å²) in [6, 6.07) is 13.0. The maximum Gasteiger partial charge on any atom is 0.363 e. The lowest BCUT2D eigenvalue weighted by Gasteiger charge is -2.12. The third-order valence-corrected chi connectivity index (χ3v) is 4.09. The van der Waals surface area contributed by atoms with Gasteiger partial charge in [0.05, 0.1) is 12.8 Å². The summed E-state index contributed by atoms with van der Waals surface area (Å²) in [6.45, 7) is 4.50. The Hall–Kier alpha value is -3.39. The van der Waals surface area contributed by atoms with E-state index in [-0.39, 0.29) is 5.82 Å². The van der Waals surface area contributed by atoms with Crippen molar-refractivity contribution in [3.63, 3.8) is 0 Å². The molecule has 0 atom stereocenters. The predicted octanol–water partition coefficient (Wildman–Crippen LogP) is 3.55. The van der Waals surface area contributed by atoms with Crippen LogP contribution in [0.15, 0.2) is 52.4 Å². The first kappa shape index (κ1) is 20.3. The molecule has 2 aromatic carbocycles. The number of hydrazone groups is 1. The largest absolute Gasteiger partial charge is 0.490 e. The third kappa shape index (κ3) is 5.79. The lowest BCUT2D eigenvalue weighted by Crippen LogP contribution is -2.15. The van der Waals surface area contributed by atoms with Gasteiger partial charge in [0.1, 0.15) is 12.3 Å². The molecule has 9 heteroatoms. The molecule has 3 rings (SSSR count). The molecule has 150 valence electrons. The zero-order valence-corrected chi connectivity index (χ0v) is 16.7. The first-order chi connectivity index (χ1) is 14.0. The molecular weight excluding hydrogens is 394 g/mol. The minimum Gasteiger partial charge on any atom is -0.490 e. The average Bonchev–Trinajstić information content (AvgIpc) is 2.71. The predicted molar refractivity (Wildman–Crippen MR) is 112 cm³/mol. The van der Waals surface area contributed by atoms with E-state index < -0.39 is 5.69 Å². The van der Waals surface area contributed by atoms with Crippen LogP contribution in [0.2, 0.25) is 5.02 Å². The van der Waals surface area contributed by atoms with Gasteiger partial charge in [0, 0.05) is 5.02 Å². The van der Waals surface area contributed by atoms with Crippen LogP contribution in [0.5, 0.6) is 11.5 Å². The van der Waals surface area contributed by atoms with Crippen molar-refractivity contribution >= 4 is 23.6 Å². The molecule has 0 saturated carbocycles. The van der Waals surface area contributed by atoms with E-state index in [1.165, 1.54) is 0 Å². The van der Waals surface area contributed by atoms with Crippen molar-refractivity contribution in [3.8, 4) is 11.5 Å². The van der Waals surface area contributed by atoms with Crippen molar-refractivity contribution in [3.05, 3.63) is 74.8 Å². The van der Waals surface area contributed by atoms with Crippen LogP contribution in [0.25, 0.3) is 0 Å². The number of ether oxygens (including phenoxy) is 2. The van der Waals surface area contributed by atoms with Crippen molar-refractivity contribution in [1.29, 1.82) is 0 Å². The molecule has 0 saturated heterocycles. The zero-order valence-electron chi connectivity index (χ0n) is 16.0. The quantitative estimate of drug-likeness (QED) is 0.432. The summed E-state index contributed by atoms with van der Waals surface area (Å²) in [5.74, 6) is 1.53. The van der Waals surface area contributed by atoms with Gasteiger partial charge in [-0.25, -0.2) is 9.89 Å². The number of benzene rings is 2. The number of rotatable bonds is 8. The van der Waals surface area contributed by atoms with E-state index >= 15 is 0 Å². The summed E-state index contributed by atoms with van der Waals surface area (Å²) in [6.07, 6.45) is 1.59. The Bertz CT molecular complexity index is 1050. The van der Waals surface area contributed by atoms with E-state index in [0.717, 1.165) is 11.1 Å². The first-order valence-electron chi connectivity index (χ1n) is 8.91. The van der Waals surface area contributed by atoms with E-state index in [1.807, 2.05) is 49.4 Å². The molecule has 0 spiro atoms. The standard InChI is InChI=1S/C20H20ClN5O3/c1-3-28-18-10-15(11-22-25-19-13(2)24-26-20(27)23-19)6-9-17(18)29-12-14-4-7-16(21)8-5-14/h4-11H,3,12H2,1-2H3,(H2,23,25,26,27)/b22-11+. The Morgan fingerprint density at radius 1 is 1.17 bits per heavy atom. The van der Waals surface area contributed by atoms with Crippen molar-refractivity contribution in [2.75, 3.05) is 12.0 Å². The maximum absolute atomic E-state index is 11.3. The number of nitrogens with zero attached hydrogens (tertiary/aromatic N) is 3. The van der Waals surface area contributed by atoms with Crippen molar-refractivity contribution < 1.29 is 9.47 Å². The fourth-order valence-corrected chi connectivity index (χ4v) is 2.53. The summed E-state index contributed by atoms with van der Waals surface area (Å²) in [5, 5.41) is 10.9. The third-order valence-electron chi connectivity index (χ3n) is 3.83. The van der Waals surface area contributed by atoms with Crippen LogP contribution in [-0.4, -0.2) is 28.0 Å². The van der Waals surface area contributed by atoms with Gasteiger partial charge in [-0.05, 0) is 55.3 Å². The van der Waals surface area contributed by atoms with E-state index in [9.17, 15) is 4.79 Å². The molecular formula is C20H20ClN5O3. The molecule has 0 aliphatic rings. The van der Waals surface area contributed by atoms with Gasteiger partial charge in [-0.15, -0.1) is 0 Å². The zero-order chi connectivity index (χ0) is 20.6. The molecule has 1 aromatic heterocycles. The van der Waals surface area contributed by atoms with Crippen molar-refractivity contribution in [1.82, 2.24) is 15.2 Å². The number of halogens is 1. The number of hydrogen-bond acceptors (Lipinski definition) is 7. The Labute approximate surface area is 172 Å². The molecule has 0 radical (unpaired) electrons. The van der Waals surface area contributed by atoms with Gasteiger partial charge in [-0.2, -0.15) is 15.2 Å². The van der Waals surface area contributed by atoms with Gasteiger partial charge in [-0.1, -0.05) is 23.7 Å². The second-order valence-corrected chi connectivity index (χ2v) is 6.44. The first-order valence-corrected chi connectivity index (χ1v) is 9.29. The van der Waals surface area contributed by atoms with Crippen LogP contribution < -0.4 is 20.6 Å². The summed E-state index contributed by atoms with van der Waals surface area (Å²) in [7, 11) is 0. The second-order valence-electron chi connectivity index (χ2n) is 6.00. The SMILES string of the molecule is CCOc1cc(/C=N/Nc2nc(=O)[nH]nc2C)ccc1OCc1ccc(Cl)cc1. The van der Waals surface area contributed by atoms with E-state index in [2.05, 4.69) is 25.7 Å². The Morgan fingerprint density at radius 3 is 2.72 bits per heavy atom. The van der Waals surface area contributed by atoms with Crippen LogP contribution in [0.3, 0.4) is 0 Å². The number of aryl methyl sites for hydroxylation is 1. The summed E-state index contributed by atoms with van der Waals surface area (Å²) in [5.41, 5.74) is 4.48. The van der Waals surface area contributed by atoms with Crippen molar-refractivity contribution in [2.24, 2.45) is 5.10 Å². The summed E-state index contributed by atoms with van der Waals surface area (Å²) in [4.78, 5) is 15.0. The average molecular weight is 414 g/mol. The summed E-state index contributed by atoms with van der Waals surface area (Å²) >= 11 is 5.91. The number of aromatic amines is 1. The molecule has 3 aromatic rings. The maximum atomic E-state index is 11.3. The number of anilines is 1. The lowest BCUT2D eigenvalue weighted by atomic mass is 10.2. The molecule has 29 heavy (non-hydrogen) atoms. The number of hydrogen-bond donors (Lipinski definition) is 2. The topological polar surface area (TPSA) is 101 Å². The molecule has 2 N–H and O–H groups in total. The highest BCUT2D eigenvalue weighted by Crippen LogP contribution is 2.29. The highest BCUT2D eigenvalue weighted by molar-refractivity contribution is 6.30. The van der Waals surface area contributed by atoms with Crippen LogP contribution in [0, 0.1) is 6.92 Å². The van der Waals surface area contributed by atoms with Gasteiger partial charge in [0.25, 0.3) is 0 Å². The Morgan fingerprint density at radius 2 is 1.97 bits per heavy atom. The molecule has 1 heterocycles. The van der Waals surface area contributed by atoms with Crippen molar-refractivity contribution in [2.45, 2.75) is 20.5 Å². The molecule has 0 aliphatic carbocycles. The van der Waals surface area contributed by atoms with E-state index in [1.54, 1.807) is 13.1 Å². The van der Waals surface area contributed by atoms with E-state index in [4.69, 9.17) is 21.1 Å². The van der Waals surface area contributed by atoms with Crippen LogP contribution in [0.1, 0.15) is 23.7 Å². The minimum absolute atomic E-state index is 0.290. The van der Waals surface area contributed by atoms with Crippen LogP contribution in [-0.2, 0) is 6.61 Å². The monoisotopic (exact) mass is 413 g/mol. The summed E-state index contributed by atoms with van der Waals surface area (Å²) < 4.78 is 11.6. The Balaban J connectivity index is 1.70. The molecule has 0 bridgehead atoms. The highest BCUT2D eigenvalue weighted by atomic mass is 35.5. The second kappa shape index (κ2) is 9.70. The fraction of sp³-hybridized carbons (Fsp3) is 0.200. The van der Waals surface area contributed by atoms with Gasteiger partial charge >= 0.3 is 5.69 Å². The molecule has 0 aliphatic heterocycles. The van der Waals surface area contributed by atoms with Gasteiger partial charge < -0.3 is 9.47 Å². The van der Waals surface area contributed by atoms with Gasteiger partial charge in [-0.3, -0.25) is 5.43 Å². The number of aromatic nitrogens is 3.